The molecule has 0 saturated carbocycles. The van der Waals surface area contributed by atoms with Crippen LogP contribution in [0.1, 0.15) is 10.6 Å². The highest BCUT2D eigenvalue weighted by Crippen LogP contribution is 2.24. The molecule has 0 aliphatic carbocycles. The zero-order chi connectivity index (χ0) is 14.0. The second-order valence-corrected chi connectivity index (χ2v) is 6.93. The van der Waals surface area contributed by atoms with Crippen molar-refractivity contribution < 1.29 is 8.42 Å². The van der Waals surface area contributed by atoms with Crippen LogP contribution in [-0.4, -0.2) is 20.4 Å². The summed E-state index contributed by atoms with van der Waals surface area (Å²) >= 11 is 1.33. The van der Waals surface area contributed by atoms with Gasteiger partial charge in [0.15, 0.2) is 5.13 Å². The summed E-state index contributed by atoms with van der Waals surface area (Å²) in [5, 5.41) is 3.34. The molecular weight excluding hydrogens is 282 g/mol. The summed E-state index contributed by atoms with van der Waals surface area (Å²) in [5.74, 6) is 0. The van der Waals surface area contributed by atoms with Crippen molar-refractivity contribution in [3.63, 3.8) is 0 Å². The molecule has 102 valence electrons. The van der Waals surface area contributed by atoms with Crippen LogP contribution in [0.25, 0.3) is 0 Å². The molecule has 0 fully saturated rings. The Morgan fingerprint density at radius 1 is 1.16 bits per heavy atom. The van der Waals surface area contributed by atoms with Gasteiger partial charge in [0.2, 0.25) is 0 Å². The zero-order valence-electron chi connectivity index (χ0n) is 10.9. The van der Waals surface area contributed by atoms with Crippen LogP contribution in [0.2, 0.25) is 0 Å². The van der Waals surface area contributed by atoms with Gasteiger partial charge < -0.3 is 5.32 Å². The maximum atomic E-state index is 12.2. The van der Waals surface area contributed by atoms with Crippen LogP contribution in [0.5, 0.6) is 0 Å². The summed E-state index contributed by atoms with van der Waals surface area (Å²) in [6.07, 6.45) is 0. The molecule has 2 rings (SSSR count). The highest BCUT2D eigenvalue weighted by Gasteiger charge is 2.16. The number of anilines is 2. The molecule has 1 heterocycles. The average molecular weight is 297 g/mol. The lowest BCUT2D eigenvalue weighted by Crippen LogP contribution is -2.12. The van der Waals surface area contributed by atoms with Gasteiger partial charge in [0.1, 0.15) is 0 Å². The molecule has 2 aromatic rings. The second kappa shape index (κ2) is 5.18. The van der Waals surface area contributed by atoms with Gasteiger partial charge in [0.05, 0.1) is 10.6 Å². The van der Waals surface area contributed by atoms with Crippen molar-refractivity contribution in [1.29, 1.82) is 0 Å². The van der Waals surface area contributed by atoms with E-state index in [2.05, 4.69) is 15.0 Å². The molecule has 0 unspecified atom stereocenters. The Morgan fingerprint density at radius 2 is 1.79 bits per heavy atom. The second-order valence-electron chi connectivity index (χ2n) is 4.04. The fraction of sp³-hybridized carbons (Fsp3) is 0.250. The molecule has 19 heavy (non-hydrogen) atoms. The molecule has 7 heteroatoms. The lowest BCUT2D eigenvalue weighted by molar-refractivity contribution is 0.601. The molecule has 1 aromatic carbocycles. The minimum absolute atomic E-state index is 0.219. The standard InChI is InChI=1S/C12H15N3O2S2/c1-8-9(2)18-12(14-8)15-19(16,17)11-6-4-10(13-3)5-7-11/h4-7,13H,1-3H3,(H,14,15). The maximum absolute atomic E-state index is 12.2. The number of aryl methyl sites for hydroxylation is 2. The highest BCUT2D eigenvalue weighted by atomic mass is 32.2. The van der Waals surface area contributed by atoms with E-state index in [1.807, 2.05) is 13.8 Å². The molecule has 0 atom stereocenters. The van der Waals surface area contributed by atoms with Crippen molar-refractivity contribution >= 4 is 32.2 Å². The number of thiazole rings is 1. The van der Waals surface area contributed by atoms with Gasteiger partial charge in [-0.3, -0.25) is 4.72 Å². The van der Waals surface area contributed by atoms with E-state index >= 15 is 0 Å². The maximum Gasteiger partial charge on any atom is 0.263 e. The van der Waals surface area contributed by atoms with Crippen LogP contribution in [0.15, 0.2) is 29.2 Å². The Bertz CT molecular complexity index is 656. The summed E-state index contributed by atoms with van der Waals surface area (Å²) < 4.78 is 26.8. The topological polar surface area (TPSA) is 71.1 Å². The molecule has 2 N–H and O–H groups in total. The van der Waals surface area contributed by atoms with Crippen molar-refractivity contribution in [2.45, 2.75) is 18.7 Å². The van der Waals surface area contributed by atoms with E-state index < -0.39 is 10.0 Å². The molecule has 0 spiro atoms. The minimum atomic E-state index is -3.57. The fourth-order valence-corrected chi connectivity index (χ4v) is 3.54. The van der Waals surface area contributed by atoms with E-state index in [1.54, 1.807) is 31.3 Å². The van der Waals surface area contributed by atoms with Crippen molar-refractivity contribution in [2.75, 3.05) is 17.1 Å². The van der Waals surface area contributed by atoms with Crippen LogP contribution in [-0.2, 0) is 10.0 Å². The normalized spacial score (nSPS) is 11.3. The summed E-state index contributed by atoms with van der Waals surface area (Å²) in [6, 6.07) is 6.54. The zero-order valence-corrected chi connectivity index (χ0v) is 12.5. The Kier molecular flexibility index (Phi) is 3.77. The number of rotatable bonds is 4. The average Bonchev–Trinajstić information content (AvgIpc) is 2.67. The Labute approximate surface area is 116 Å². The van der Waals surface area contributed by atoms with E-state index in [4.69, 9.17) is 0 Å². The van der Waals surface area contributed by atoms with Gasteiger partial charge in [-0.05, 0) is 38.1 Å². The SMILES string of the molecule is CNc1ccc(S(=O)(=O)Nc2nc(C)c(C)s2)cc1. The third kappa shape index (κ3) is 3.05. The van der Waals surface area contributed by atoms with Gasteiger partial charge in [-0.1, -0.05) is 0 Å². The van der Waals surface area contributed by atoms with E-state index in [-0.39, 0.29) is 4.90 Å². The van der Waals surface area contributed by atoms with E-state index in [9.17, 15) is 8.42 Å². The van der Waals surface area contributed by atoms with E-state index in [0.29, 0.717) is 5.13 Å². The summed E-state index contributed by atoms with van der Waals surface area (Å²) in [5.41, 5.74) is 1.70. The van der Waals surface area contributed by atoms with Gasteiger partial charge in [0.25, 0.3) is 10.0 Å². The molecular formula is C12H15N3O2S2. The number of hydrogen-bond donors (Lipinski definition) is 2. The quantitative estimate of drug-likeness (QED) is 0.910. The van der Waals surface area contributed by atoms with E-state index in [1.165, 1.54) is 11.3 Å². The largest absolute Gasteiger partial charge is 0.388 e. The molecule has 0 aliphatic rings. The van der Waals surface area contributed by atoms with Crippen molar-refractivity contribution in [1.82, 2.24) is 4.98 Å². The highest BCUT2D eigenvalue weighted by molar-refractivity contribution is 7.93. The van der Waals surface area contributed by atoms with Gasteiger partial charge in [-0.15, -0.1) is 11.3 Å². The number of nitrogens with one attached hydrogen (secondary N) is 2. The lowest BCUT2D eigenvalue weighted by Gasteiger charge is -2.06. The van der Waals surface area contributed by atoms with Gasteiger partial charge in [0, 0.05) is 17.6 Å². The number of benzene rings is 1. The number of aromatic nitrogens is 1. The van der Waals surface area contributed by atoms with Crippen LogP contribution < -0.4 is 10.0 Å². The van der Waals surface area contributed by atoms with Gasteiger partial charge >= 0.3 is 0 Å². The van der Waals surface area contributed by atoms with Crippen LogP contribution in [0.3, 0.4) is 0 Å². The molecule has 0 radical (unpaired) electrons. The summed E-state index contributed by atoms with van der Waals surface area (Å²) in [6.45, 7) is 3.76. The van der Waals surface area contributed by atoms with Gasteiger partial charge in [-0.25, -0.2) is 13.4 Å². The Hall–Kier alpha value is -1.60. The van der Waals surface area contributed by atoms with Crippen molar-refractivity contribution in [3.8, 4) is 0 Å². The first kappa shape index (κ1) is 13.8. The molecule has 0 saturated heterocycles. The van der Waals surface area contributed by atoms with Crippen LogP contribution in [0, 0.1) is 13.8 Å². The Morgan fingerprint density at radius 3 is 2.26 bits per heavy atom. The van der Waals surface area contributed by atoms with E-state index in [0.717, 1.165) is 16.3 Å². The molecule has 0 aliphatic heterocycles. The van der Waals surface area contributed by atoms with Crippen LogP contribution >= 0.6 is 11.3 Å². The number of sulfonamides is 1. The fourth-order valence-electron chi connectivity index (χ4n) is 1.49. The first-order chi connectivity index (χ1) is 8.92. The Balaban J connectivity index is 2.26. The molecule has 0 amide bonds. The predicted molar refractivity (Wildman–Crippen MR) is 78.4 cm³/mol. The van der Waals surface area contributed by atoms with Crippen molar-refractivity contribution in [2.24, 2.45) is 0 Å². The third-order valence-corrected chi connectivity index (χ3v) is 5.18. The molecule has 1 aromatic heterocycles. The molecule has 5 nitrogen and oxygen atoms in total. The monoisotopic (exact) mass is 297 g/mol. The summed E-state index contributed by atoms with van der Waals surface area (Å²) in [4.78, 5) is 5.39. The smallest absolute Gasteiger partial charge is 0.263 e. The number of hydrogen-bond acceptors (Lipinski definition) is 5. The minimum Gasteiger partial charge on any atom is -0.388 e. The first-order valence-electron chi connectivity index (χ1n) is 5.67. The van der Waals surface area contributed by atoms with Gasteiger partial charge in [-0.2, -0.15) is 0 Å². The molecule has 0 bridgehead atoms. The predicted octanol–water partition coefficient (Wildman–Crippen LogP) is 2.60. The number of nitrogens with zero attached hydrogens (tertiary/aromatic N) is 1. The van der Waals surface area contributed by atoms with Crippen LogP contribution in [0.4, 0.5) is 10.8 Å². The lowest BCUT2D eigenvalue weighted by atomic mass is 10.3. The summed E-state index contributed by atoms with van der Waals surface area (Å²) in [7, 11) is -1.79. The first-order valence-corrected chi connectivity index (χ1v) is 7.97. The third-order valence-electron chi connectivity index (χ3n) is 2.70. The van der Waals surface area contributed by atoms with Crippen molar-refractivity contribution in [3.05, 3.63) is 34.8 Å².